The molecule has 13 heavy (non-hydrogen) atoms. The molecule has 0 aromatic rings. The first-order valence-corrected chi connectivity index (χ1v) is 4.76. The van der Waals surface area contributed by atoms with E-state index in [1.54, 1.807) is 6.92 Å². The fraction of sp³-hybridized carbons (Fsp3) is 0.556. The van der Waals surface area contributed by atoms with Crippen molar-refractivity contribution in [3.05, 3.63) is 11.3 Å². The highest BCUT2D eigenvalue weighted by molar-refractivity contribution is 7.80. The molecule has 0 saturated heterocycles. The number of carbonyl (C=O) groups is 1. The molecule has 1 aliphatic heterocycles. The summed E-state index contributed by atoms with van der Waals surface area (Å²) in [6, 6.07) is 0.0752. The predicted octanol–water partition coefficient (Wildman–Crippen LogP) is 1.11. The molecule has 0 aliphatic carbocycles. The van der Waals surface area contributed by atoms with Crippen molar-refractivity contribution in [3.63, 3.8) is 0 Å². The molecule has 0 bridgehead atoms. The Balaban J connectivity index is 3.02. The third-order valence-electron chi connectivity index (χ3n) is 2.15. The van der Waals surface area contributed by atoms with Gasteiger partial charge in [0.2, 0.25) is 0 Å². The zero-order valence-corrected chi connectivity index (χ0v) is 8.92. The molecule has 1 atom stereocenters. The highest BCUT2D eigenvalue weighted by atomic mass is 32.1. The molecule has 0 aromatic heterocycles. The average molecular weight is 198 g/mol. The second kappa shape index (κ2) is 3.87. The second-order valence-corrected chi connectivity index (χ2v) is 3.56. The van der Waals surface area contributed by atoms with Gasteiger partial charge >= 0.3 is 0 Å². The van der Waals surface area contributed by atoms with Gasteiger partial charge in [0.15, 0.2) is 10.9 Å². The van der Waals surface area contributed by atoms with Crippen LogP contribution in [0.25, 0.3) is 0 Å². The first kappa shape index (κ1) is 10.2. The molecule has 1 aliphatic rings. The van der Waals surface area contributed by atoms with Crippen LogP contribution in [0.2, 0.25) is 0 Å². The zero-order chi connectivity index (χ0) is 10.0. The largest absolute Gasteiger partial charge is 0.355 e. The summed E-state index contributed by atoms with van der Waals surface area (Å²) in [7, 11) is 0. The van der Waals surface area contributed by atoms with E-state index in [2.05, 4.69) is 10.6 Å². The maximum absolute atomic E-state index is 11.3. The fourth-order valence-corrected chi connectivity index (χ4v) is 1.88. The number of thiocarbonyl (C=S) groups is 1. The molecule has 2 N–H and O–H groups in total. The van der Waals surface area contributed by atoms with Gasteiger partial charge < -0.3 is 10.6 Å². The highest BCUT2D eigenvalue weighted by Crippen LogP contribution is 2.15. The van der Waals surface area contributed by atoms with Gasteiger partial charge in [0, 0.05) is 11.3 Å². The molecule has 0 saturated carbocycles. The molecule has 0 unspecified atom stereocenters. The smallest absolute Gasteiger partial charge is 0.171 e. The minimum atomic E-state index is 0.0752. The van der Waals surface area contributed by atoms with Gasteiger partial charge in [0.25, 0.3) is 0 Å². The van der Waals surface area contributed by atoms with E-state index in [4.69, 9.17) is 12.2 Å². The van der Waals surface area contributed by atoms with Crippen molar-refractivity contribution in [2.75, 3.05) is 0 Å². The van der Waals surface area contributed by atoms with Gasteiger partial charge in [-0.3, -0.25) is 4.79 Å². The maximum Gasteiger partial charge on any atom is 0.171 e. The van der Waals surface area contributed by atoms with Crippen molar-refractivity contribution >= 4 is 23.1 Å². The summed E-state index contributed by atoms with van der Waals surface area (Å²) in [5, 5.41) is 6.63. The lowest BCUT2D eigenvalue weighted by Gasteiger charge is -2.28. The molecule has 72 valence electrons. The molecule has 1 heterocycles. The van der Waals surface area contributed by atoms with Crippen molar-refractivity contribution in [2.24, 2.45) is 0 Å². The van der Waals surface area contributed by atoms with Gasteiger partial charge in [0.05, 0.1) is 6.04 Å². The van der Waals surface area contributed by atoms with Crippen LogP contribution in [0.4, 0.5) is 0 Å². The Hall–Kier alpha value is -0.900. The van der Waals surface area contributed by atoms with E-state index < -0.39 is 0 Å². The second-order valence-electron chi connectivity index (χ2n) is 3.15. The Labute approximate surface area is 83.6 Å². The number of nitrogens with one attached hydrogen (secondary N) is 2. The zero-order valence-electron chi connectivity index (χ0n) is 8.10. The monoisotopic (exact) mass is 198 g/mol. The topological polar surface area (TPSA) is 41.1 Å². The molecule has 0 aromatic carbocycles. The van der Waals surface area contributed by atoms with E-state index >= 15 is 0 Å². The van der Waals surface area contributed by atoms with Crippen molar-refractivity contribution in [1.29, 1.82) is 0 Å². The quantitative estimate of drug-likeness (QED) is 0.652. The third-order valence-corrected chi connectivity index (χ3v) is 2.37. The van der Waals surface area contributed by atoms with Crippen molar-refractivity contribution < 1.29 is 4.79 Å². The van der Waals surface area contributed by atoms with Crippen molar-refractivity contribution in [1.82, 2.24) is 10.6 Å². The molecule has 3 nitrogen and oxygen atoms in total. The van der Waals surface area contributed by atoms with Crippen LogP contribution < -0.4 is 10.6 Å². The summed E-state index contributed by atoms with van der Waals surface area (Å²) in [5.41, 5.74) is 1.69. The lowest BCUT2D eigenvalue weighted by atomic mass is 9.98. The van der Waals surface area contributed by atoms with Crippen LogP contribution in [0.5, 0.6) is 0 Å². The fourth-order valence-electron chi connectivity index (χ4n) is 1.58. The number of carbonyl (C=O) groups excluding carboxylic acids is 1. The molecule has 0 amide bonds. The van der Waals surface area contributed by atoms with Gasteiger partial charge in [-0.2, -0.15) is 0 Å². The Bertz CT molecular complexity index is 283. The number of allylic oxidation sites excluding steroid dienone is 1. The van der Waals surface area contributed by atoms with Crippen LogP contribution in [-0.2, 0) is 4.79 Å². The molecule has 0 fully saturated rings. The van der Waals surface area contributed by atoms with Crippen LogP contribution in [0.15, 0.2) is 11.3 Å². The molecule has 1 rings (SSSR count). The number of hydrogen-bond donors (Lipinski definition) is 2. The molecular weight excluding hydrogens is 184 g/mol. The van der Waals surface area contributed by atoms with Gasteiger partial charge in [-0.1, -0.05) is 6.92 Å². The van der Waals surface area contributed by atoms with E-state index in [1.165, 1.54) is 0 Å². The summed E-state index contributed by atoms with van der Waals surface area (Å²) in [6.45, 7) is 5.49. The van der Waals surface area contributed by atoms with Crippen molar-refractivity contribution in [3.8, 4) is 0 Å². The summed E-state index contributed by atoms with van der Waals surface area (Å²) in [5.74, 6) is 0.104. The van der Waals surface area contributed by atoms with Gasteiger partial charge in [-0.25, -0.2) is 0 Å². The van der Waals surface area contributed by atoms with Crippen LogP contribution in [0.3, 0.4) is 0 Å². The Morgan fingerprint density at radius 1 is 1.62 bits per heavy atom. The van der Waals surface area contributed by atoms with Crippen LogP contribution in [-0.4, -0.2) is 16.9 Å². The molecule has 0 spiro atoms. The first-order chi connectivity index (χ1) is 6.06. The molecule has 4 heteroatoms. The molecule has 0 radical (unpaired) electrons. The van der Waals surface area contributed by atoms with E-state index in [0.717, 1.165) is 17.7 Å². The van der Waals surface area contributed by atoms with Gasteiger partial charge in [0.1, 0.15) is 0 Å². The minimum Gasteiger partial charge on any atom is -0.355 e. The summed E-state index contributed by atoms with van der Waals surface area (Å²) in [4.78, 5) is 11.3. The van der Waals surface area contributed by atoms with E-state index in [1.807, 2.05) is 13.8 Å². The number of ketones is 1. The number of rotatable bonds is 2. The number of hydrogen-bond acceptors (Lipinski definition) is 2. The summed E-state index contributed by atoms with van der Waals surface area (Å²) < 4.78 is 0. The van der Waals surface area contributed by atoms with Gasteiger partial charge in [-0.05, 0) is 32.5 Å². The standard InChI is InChI=1S/C9H14N2OS/c1-4-7-8(6(3)12)5(2)10-9(13)11-7/h7H,4H2,1-3H3,(H2,10,11,13)/t7-/m0/s1. The predicted molar refractivity (Wildman–Crippen MR) is 56.3 cm³/mol. The average Bonchev–Trinajstić information content (AvgIpc) is 2.01. The Kier molecular flexibility index (Phi) is 3.03. The minimum absolute atomic E-state index is 0.0752. The van der Waals surface area contributed by atoms with Crippen LogP contribution in [0, 0.1) is 0 Å². The van der Waals surface area contributed by atoms with Gasteiger partial charge in [-0.15, -0.1) is 0 Å². The number of Topliss-reactive ketones (excluding diaryl/α,β-unsaturated/α-hetero) is 1. The van der Waals surface area contributed by atoms with Crippen molar-refractivity contribution in [2.45, 2.75) is 33.2 Å². The first-order valence-electron chi connectivity index (χ1n) is 4.35. The lowest BCUT2D eigenvalue weighted by molar-refractivity contribution is -0.114. The van der Waals surface area contributed by atoms with E-state index in [0.29, 0.717) is 5.11 Å². The SMILES string of the molecule is CC[C@@H]1NC(=S)NC(C)=C1C(C)=O. The Morgan fingerprint density at radius 2 is 2.23 bits per heavy atom. The van der Waals surface area contributed by atoms with E-state index in [9.17, 15) is 4.79 Å². The Morgan fingerprint density at radius 3 is 2.69 bits per heavy atom. The summed E-state index contributed by atoms with van der Waals surface area (Å²) >= 11 is 5.00. The van der Waals surface area contributed by atoms with Crippen LogP contribution >= 0.6 is 12.2 Å². The van der Waals surface area contributed by atoms with E-state index in [-0.39, 0.29) is 11.8 Å². The normalized spacial score (nSPS) is 22.4. The molecular formula is C9H14N2OS. The maximum atomic E-state index is 11.3. The third kappa shape index (κ3) is 2.06. The van der Waals surface area contributed by atoms with Crippen LogP contribution in [0.1, 0.15) is 27.2 Å². The summed E-state index contributed by atoms with van der Waals surface area (Å²) in [6.07, 6.45) is 0.869. The highest BCUT2D eigenvalue weighted by Gasteiger charge is 2.24. The lowest BCUT2D eigenvalue weighted by Crippen LogP contribution is -2.48.